The largest absolute Gasteiger partial charge is 0.497 e. The highest BCUT2D eigenvalue weighted by Crippen LogP contribution is 2.53. The number of aromatic nitrogens is 1. The Morgan fingerprint density at radius 3 is 2.30 bits per heavy atom. The van der Waals surface area contributed by atoms with Crippen molar-refractivity contribution in [1.82, 2.24) is 30.1 Å². The maximum atomic E-state index is 14.9. The summed E-state index contributed by atoms with van der Waals surface area (Å²) in [6.07, 6.45) is 4.46. The number of ether oxygens (including phenoxy) is 2. The first-order chi connectivity index (χ1) is 28.6. The lowest BCUT2D eigenvalue weighted by Gasteiger charge is -2.38. The minimum atomic E-state index is -4.03. The molecule has 3 unspecified atom stereocenters. The molecule has 4 aliphatic rings. The number of hydrogen-bond acceptors (Lipinski definition) is 9. The smallest absolute Gasteiger partial charge is 0.318 e. The Kier molecular flexibility index (Phi) is 11.5. The van der Waals surface area contributed by atoms with Crippen LogP contribution in [-0.4, -0.2) is 102 Å². The number of urea groups is 1. The van der Waals surface area contributed by atoms with Crippen LogP contribution in [0.3, 0.4) is 0 Å². The molecule has 5 amide bonds. The molecular formula is C46H60N6O8S. The number of nitrogens with one attached hydrogen (secondary N) is 3. The van der Waals surface area contributed by atoms with Crippen molar-refractivity contribution in [2.75, 3.05) is 20.7 Å². The first kappa shape index (κ1) is 43.9. The normalized spacial score (nSPS) is 23.7. The van der Waals surface area contributed by atoms with Crippen molar-refractivity contribution in [2.45, 2.75) is 121 Å². The fourth-order valence-electron chi connectivity index (χ4n) is 8.28. The van der Waals surface area contributed by atoms with Crippen LogP contribution in [0, 0.1) is 17.3 Å². The Labute approximate surface area is 359 Å². The first-order valence-corrected chi connectivity index (χ1v) is 22.7. The monoisotopic (exact) mass is 856 g/mol. The van der Waals surface area contributed by atoms with Gasteiger partial charge in [-0.05, 0) is 69.9 Å². The summed E-state index contributed by atoms with van der Waals surface area (Å²) in [6, 6.07) is 14.2. The van der Waals surface area contributed by atoms with Gasteiger partial charge in [0, 0.05) is 48.0 Å². The minimum Gasteiger partial charge on any atom is -0.497 e. The van der Waals surface area contributed by atoms with Crippen molar-refractivity contribution in [3.05, 3.63) is 67.3 Å². The highest BCUT2D eigenvalue weighted by atomic mass is 32.2. The second-order valence-corrected chi connectivity index (χ2v) is 21.6. The van der Waals surface area contributed by atoms with Crippen LogP contribution < -0.4 is 24.8 Å². The summed E-state index contributed by atoms with van der Waals surface area (Å²) >= 11 is 0. The van der Waals surface area contributed by atoms with Gasteiger partial charge in [-0.3, -0.25) is 19.1 Å². The molecule has 1 saturated heterocycles. The number of likely N-dealkylation sites (tertiary alicyclic amines) is 1. The van der Waals surface area contributed by atoms with Gasteiger partial charge in [-0.15, -0.1) is 6.58 Å². The maximum absolute atomic E-state index is 14.9. The molecule has 2 aromatic carbocycles. The summed E-state index contributed by atoms with van der Waals surface area (Å²) < 4.78 is 41.0. The van der Waals surface area contributed by atoms with Gasteiger partial charge >= 0.3 is 6.03 Å². The molecule has 14 nitrogen and oxygen atoms in total. The van der Waals surface area contributed by atoms with E-state index in [0.717, 1.165) is 18.4 Å². The lowest BCUT2D eigenvalue weighted by Crippen LogP contribution is -2.62. The third-order valence-corrected chi connectivity index (χ3v) is 15.1. The number of methoxy groups -OCH3 is 1. The molecular weight excluding hydrogens is 797 g/mol. The second-order valence-electron chi connectivity index (χ2n) is 19.5. The van der Waals surface area contributed by atoms with E-state index in [1.165, 1.54) is 15.9 Å². The zero-order valence-electron chi connectivity index (χ0n) is 36.5. The highest BCUT2D eigenvalue weighted by Gasteiger charge is 2.64. The molecule has 15 heteroatoms. The first-order valence-electron chi connectivity index (χ1n) is 21.2. The summed E-state index contributed by atoms with van der Waals surface area (Å²) in [4.78, 5) is 65.2. The van der Waals surface area contributed by atoms with Gasteiger partial charge < -0.3 is 29.9 Å². The van der Waals surface area contributed by atoms with Crippen LogP contribution in [0.25, 0.3) is 22.2 Å². The minimum absolute atomic E-state index is 0.0305. The van der Waals surface area contributed by atoms with Gasteiger partial charge in [-0.25, -0.2) is 18.2 Å². The molecule has 0 spiro atoms. The number of hydrogen-bond donors (Lipinski definition) is 3. The van der Waals surface area contributed by atoms with Crippen LogP contribution in [-0.2, 0) is 24.4 Å². The molecule has 0 bridgehead atoms. The van der Waals surface area contributed by atoms with E-state index in [9.17, 15) is 27.6 Å². The molecule has 3 N–H and O–H groups in total. The summed E-state index contributed by atoms with van der Waals surface area (Å²) in [7, 11) is -0.799. The van der Waals surface area contributed by atoms with E-state index >= 15 is 0 Å². The molecule has 4 fully saturated rings. The molecule has 7 rings (SSSR count). The van der Waals surface area contributed by atoms with Crippen molar-refractivity contribution in [2.24, 2.45) is 17.3 Å². The molecule has 5 atom stereocenters. The molecule has 3 saturated carbocycles. The average Bonchev–Trinajstić information content (AvgIpc) is 4.16. The number of sulfonamides is 1. The second kappa shape index (κ2) is 15.9. The van der Waals surface area contributed by atoms with E-state index in [0.29, 0.717) is 53.3 Å². The summed E-state index contributed by atoms with van der Waals surface area (Å²) in [5, 5.41) is 6.53. The molecule has 1 aliphatic heterocycles. The van der Waals surface area contributed by atoms with Gasteiger partial charge in [-0.2, -0.15) is 0 Å². The van der Waals surface area contributed by atoms with Gasteiger partial charge in [0.1, 0.15) is 35.2 Å². The van der Waals surface area contributed by atoms with Crippen LogP contribution in [0.2, 0.25) is 0 Å². The fourth-order valence-corrected chi connectivity index (χ4v) is 10.0. The van der Waals surface area contributed by atoms with E-state index in [1.807, 2.05) is 90.1 Å². The van der Waals surface area contributed by atoms with E-state index in [2.05, 4.69) is 21.9 Å². The fraction of sp³-hybridized carbons (Fsp3) is 0.543. The highest BCUT2D eigenvalue weighted by molar-refractivity contribution is 7.91. The summed E-state index contributed by atoms with van der Waals surface area (Å²) in [5.41, 5.74) is -0.804. The van der Waals surface area contributed by atoms with Crippen LogP contribution in [0.1, 0.15) is 86.5 Å². The SMILES string of the molecule is C=C[C@@H]1CC1(NC(=O)C1C[C@@H](Oc2cc(-c3ccccc3)nc3cc(OC)ccc23)CN1C(=O)C(NC(=O)N(C)C(C)(C)C)C(C)(C)C)C(=O)NS(=O)(=O)C1(CC2CC2)CC1. The Morgan fingerprint density at radius 1 is 1.03 bits per heavy atom. The van der Waals surface area contributed by atoms with E-state index in [-0.39, 0.29) is 19.4 Å². The topological polar surface area (TPSA) is 176 Å². The van der Waals surface area contributed by atoms with Gasteiger partial charge in [0.05, 0.1) is 29.6 Å². The van der Waals surface area contributed by atoms with Crippen LogP contribution in [0.5, 0.6) is 11.5 Å². The predicted molar refractivity (Wildman–Crippen MR) is 233 cm³/mol. The molecule has 0 radical (unpaired) electrons. The van der Waals surface area contributed by atoms with Crippen molar-refractivity contribution in [3.63, 3.8) is 0 Å². The molecule has 61 heavy (non-hydrogen) atoms. The summed E-state index contributed by atoms with van der Waals surface area (Å²) in [5.74, 6) is -1.06. The lowest BCUT2D eigenvalue weighted by molar-refractivity contribution is -0.142. The maximum Gasteiger partial charge on any atom is 0.318 e. The van der Waals surface area contributed by atoms with E-state index in [1.54, 1.807) is 20.2 Å². The standard InChI is InChI=1S/C46H60N6O8S/c1-10-30-26-46(30,41(55)50-61(57,58)45(20-21-45)25-28-16-17-28)49-39(53)36-23-32(27-52(36)40(54)38(43(2,3)4)48-42(56)51(8)44(5,6)7)60-37-24-34(29-14-12-11-13-15-29)47-35-22-31(59-9)18-19-33(35)37/h10-15,18-19,22,24,28,30,32,36,38H,1,16-17,20-21,23,25-27H2,2-9H3,(H,48,56)(H,49,53)(H,50,55)/t30-,32-,36?,38?,46?/m1/s1. The average molecular weight is 857 g/mol. The molecule has 328 valence electrons. The molecule has 3 aromatic rings. The van der Waals surface area contributed by atoms with E-state index in [4.69, 9.17) is 14.5 Å². The van der Waals surface area contributed by atoms with Gasteiger partial charge in [-0.1, -0.05) is 70.0 Å². The van der Waals surface area contributed by atoms with Crippen molar-refractivity contribution in [1.29, 1.82) is 0 Å². The quantitative estimate of drug-likeness (QED) is 0.166. The van der Waals surface area contributed by atoms with Gasteiger partial charge in [0.25, 0.3) is 5.91 Å². The van der Waals surface area contributed by atoms with Gasteiger partial charge in [0.15, 0.2) is 0 Å². The van der Waals surface area contributed by atoms with Crippen molar-refractivity contribution >= 4 is 44.7 Å². The third kappa shape index (κ3) is 8.94. The number of carbonyl (C=O) groups is 4. The number of benzene rings is 2. The number of rotatable bonds is 14. The molecule has 3 aliphatic carbocycles. The number of carbonyl (C=O) groups excluding carboxylic acids is 4. The zero-order valence-corrected chi connectivity index (χ0v) is 37.4. The predicted octanol–water partition coefficient (Wildman–Crippen LogP) is 5.95. The summed E-state index contributed by atoms with van der Waals surface area (Å²) in [6.45, 7) is 15.0. The Hall–Kier alpha value is -5.18. The molecule has 2 heterocycles. The van der Waals surface area contributed by atoms with Gasteiger partial charge in [0.2, 0.25) is 21.8 Å². The molecule has 1 aromatic heterocycles. The Bertz CT molecular complexity index is 2330. The third-order valence-electron chi connectivity index (χ3n) is 12.9. The van der Waals surface area contributed by atoms with Crippen molar-refractivity contribution in [3.8, 4) is 22.8 Å². The number of nitrogens with zero attached hydrogens (tertiary/aromatic N) is 3. The zero-order chi connectivity index (χ0) is 44.3. The lowest BCUT2D eigenvalue weighted by atomic mass is 9.85. The van der Waals surface area contributed by atoms with E-state index < -0.39 is 79.1 Å². The number of amides is 5. The van der Waals surface area contributed by atoms with Crippen LogP contribution in [0.4, 0.5) is 4.79 Å². The van der Waals surface area contributed by atoms with Crippen LogP contribution in [0.15, 0.2) is 67.3 Å². The van der Waals surface area contributed by atoms with Crippen LogP contribution >= 0.6 is 0 Å². The van der Waals surface area contributed by atoms with Crippen molar-refractivity contribution < 1.29 is 37.1 Å². The number of pyridine rings is 1. The Morgan fingerprint density at radius 2 is 1.72 bits per heavy atom. The Balaban J connectivity index is 1.21. The number of fused-ring (bicyclic) bond motifs is 1.